The van der Waals surface area contributed by atoms with Crippen molar-refractivity contribution in [1.82, 2.24) is 5.32 Å². The number of carbonyl (C=O) groups excluding carboxylic acids is 1. The average Bonchev–Trinajstić information content (AvgIpc) is 2.68. The standard InChI is InChI=1S/C13H20BrNOS2/c1-10-9-11(18-12(10)14)13(16)15-7-5-3-4-6-8-17-2/h9H,3-8H2,1-2H3,(H,15,16). The molecule has 0 fully saturated rings. The van der Waals surface area contributed by atoms with Gasteiger partial charge in [0.1, 0.15) is 0 Å². The summed E-state index contributed by atoms with van der Waals surface area (Å²) < 4.78 is 1.05. The number of thioether (sulfide) groups is 1. The maximum absolute atomic E-state index is 11.8. The molecule has 1 rings (SSSR count). The molecule has 1 N–H and O–H groups in total. The first kappa shape index (κ1) is 16.1. The fourth-order valence-electron chi connectivity index (χ4n) is 1.59. The Balaban J connectivity index is 2.14. The van der Waals surface area contributed by atoms with Gasteiger partial charge in [0.05, 0.1) is 8.66 Å². The van der Waals surface area contributed by atoms with Crippen molar-refractivity contribution < 1.29 is 4.79 Å². The predicted octanol–water partition coefficient (Wildman–Crippen LogP) is 4.47. The minimum Gasteiger partial charge on any atom is -0.351 e. The zero-order valence-electron chi connectivity index (χ0n) is 10.9. The summed E-state index contributed by atoms with van der Waals surface area (Å²) in [6, 6.07) is 1.93. The summed E-state index contributed by atoms with van der Waals surface area (Å²) in [6.45, 7) is 2.79. The Morgan fingerprint density at radius 3 is 2.72 bits per heavy atom. The van der Waals surface area contributed by atoms with Gasteiger partial charge in [-0.15, -0.1) is 11.3 Å². The van der Waals surface area contributed by atoms with Crippen LogP contribution >= 0.6 is 39.0 Å². The second-order valence-corrected chi connectivity index (χ2v) is 7.59. The number of amides is 1. The van der Waals surface area contributed by atoms with Crippen LogP contribution in [0, 0.1) is 6.92 Å². The Hall–Kier alpha value is -0.0000000000000000833. The number of unbranched alkanes of at least 4 members (excludes halogenated alkanes) is 3. The quantitative estimate of drug-likeness (QED) is 0.701. The topological polar surface area (TPSA) is 29.1 Å². The second-order valence-electron chi connectivity index (χ2n) is 4.23. The number of aryl methyl sites for hydroxylation is 1. The van der Waals surface area contributed by atoms with E-state index in [0.717, 1.165) is 27.2 Å². The molecule has 5 heteroatoms. The lowest BCUT2D eigenvalue weighted by Gasteiger charge is -2.03. The molecule has 1 heterocycles. The van der Waals surface area contributed by atoms with Gasteiger partial charge in [0.25, 0.3) is 5.91 Å². The van der Waals surface area contributed by atoms with E-state index in [1.165, 1.54) is 36.4 Å². The van der Waals surface area contributed by atoms with Crippen LogP contribution in [-0.2, 0) is 0 Å². The average molecular weight is 350 g/mol. The van der Waals surface area contributed by atoms with E-state index in [1.54, 1.807) is 0 Å². The van der Waals surface area contributed by atoms with E-state index >= 15 is 0 Å². The van der Waals surface area contributed by atoms with Gasteiger partial charge in [-0.3, -0.25) is 4.79 Å². The van der Waals surface area contributed by atoms with Gasteiger partial charge in [-0.1, -0.05) is 12.8 Å². The largest absolute Gasteiger partial charge is 0.351 e. The molecule has 18 heavy (non-hydrogen) atoms. The molecule has 0 aliphatic rings. The van der Waals surface area contributed by atoms with Crippen LogP contribution in [0.15, 0.2) is 9.85 Å². The number of halogens is 1. The molecule has 0 bridgehead atoms. The van der Waals surface area contributed by atoms with Crippen LogP contribution < -0.4 is 5.32 Å². The number of thiophene rings is 1. The normalized spacial score (nSPS) is 10.6. The molecule has 0 saturated heterocycles. The highest BCUT2D eigenvalue weighted by atomic mass is 79.9. The number of carbonyl (C=O) groups is 1. The first-order valence-electron chi connectivity index (χ1n) is 6.18. The summed E-state index contributed by atoms with van der Waals surface area (Å²) in [5.74, 6) is 1.30. The third-order valence-electron chi connectivity index (χ3n) is 2.64. The molecule has 0 atom stereocenters. The molecular weight excluding hydrogens is 330 g/mol. The lowest BCUT2D eigenvalue weighted by molar-refractivity contribution is 0.0957. The summed E-state index contributed by atoms with van der Waals surface area (Å²) >= 11 is 6.84. The van der Waals surface area contributed by atoms with Gasteiger partial charge in [-0.05, 0) is 59.3 Å². The van der Waals surface area contributed by atoms with Crippen molar-refractivity contribution in [1.29, 1.82) is 0 Å². The van der Waals surface area contributed by atoms with Crippen LogP contribution in [0.3, 0.4) is 0 Å². The maximum Gasteiger partial charge on any atom is 0.261 e. The van der Waals surface area contributed by atoms with E-state index in [1.807, 2.05) is 24.8 Å². The monoisotopic (exact) mass is 349 g/mol. The highest BCUT2D eigenvalue weighted by molar-refractivity contribution is 9.11. The van der Waals surface area contributed by atoms with Crippen molar-refractivity contribution >= 4 is 44.9 Å². The zero-order chi connectivity index (χ0) is 13.4. The van der Waals surface area contributed by atoms with E-state index in [9.17, 15) is 4.79 Å². The van der Waals surface area contributed by atoms with Crippen LogP contribution in [0.4, 0.5) is 0 Å². The summed E-state index contributed by atoms with van der Waals surface area (Å²) in [6.07, 6.45) is 6.97. The van der Waals surface area contributed by atoms with Crippen LogP contribution in [0.5, 0.6) is 0 Å². The van der Waals surface area contributed by atoms with Gasteiger partial charge in [-0.25, -0.2) is 0 Å². The number of hydrogen-bond donors (Lipinski definition) is 1. The van der Waals surface area contributed by atoms with E-state index in [2.05, 4.69) is 27.5 Å². The van der Waals surface area contributed by atoms with E-state index in [0.29, 0.717) is 0 Å². The molecule has 0 aliphatic carbocycles. The summed E-state index contributed by atoms with van der Waals surface area (Å²) in [5, 5.41) is 2.98. The highest BCUT2D eigenvalue weighted by Gasteiger charge is 2.10. The SMILES string of the molecule is CSCCCCCCNC(=O)c1cc(C)c(Br)s1. The van der Waals surface area contributed by atoms with E-state index in [-0.39, 0.29) is 5.91 Å². The van der Waals surface area contributed by atoms with Crippen molar-refractivity contribution in [3.05, 3.63) is 20.3 Å². The van der Waals surface area contributed by atoms with Crippen molar-refractivity contribution in [2.45, 2.75) is 32.6 Å². The first-order chi connectivity index (χ1) is 8.65. The van der Waals surface area contributed by atoms with Gasteiger partial charge in [0, 0.05) is 6.54 Å². The van der Waals surface area contributed by atoms with Crippen LogP contribution in [0.25, 0.3) is 0 Å². The van der Waals surface area contributed by atoms with E-state index < -0.39 is 0 Å². The second kappa shape index (κ2) is 8.99. The maximum atomic E-state index is 11.8. The van der Waals surface area contributed by atoms with E-state index in [4.69, 9.17) is 0 Å². The van der Waals surface area contributed by atoms with Crippen molar-refractivity contribution in [3.63, 3.8) is 0 Å². The molecule has 1 aromatic heterocycles. The summed E-state index contributed by atoms with van der Waals surface area (Å²) in [5.41, 5.74) is 1.13. The van der Waals surface area contributed by atoms with Crippen molar-refractivity contribution in [3.8, 4) is 0 Å². The van der Waals surface area contributed by atoms with Gasteiger partial charge in [0.2, 0.25) is 0 Å². The fourth-order valence-corrected chi connectivity index (χ4v) is 3.53. The Labute approximate surface area is 126 Å². The summed E-state index contributed by atoms with van der Waals surface area (Å²) in [7, 11) is 0. The Bertz CT molecular complexity index is 360. The molecule has 0 spiro atoms. The number of nitrogens with one attached hydrogen (secondary N) is 1. The Morgan fingerprint density at radius 1 is 1.39 bits per heavy atom. The molecule has 0 aromatic carbocycles. The molecule has 0 aliphatic heterocycles. The molecule has 1 amide bonds. The third-order valence-corrected chi connectivity index (χ3v) is 5.47. The minimum atomic E-state index is 0.0536. The van der Waals surface area contributed by atoms with Crippen molar-refractivity contribution in [2.75, 3.05) is 18.6 Å². The molecule has 0 unspecified atom stereocenters. The molecule has 102 valence electrons. The van der Waals surface area contributed by atoms with Gasteiger partial charge in [0.15, 0.2) is 0 Å². The minimum absolute atomic E-state index is 0.0536. The first-order valence-corrected chi connectivity index (χ1v) is 9.18. The van der Waals surface area contributed by atoms with Gasteiger partial charge in [-0.2, -0.15) is 11.8 Å². The number of rotatable bonds is 8. The lowest BCUT2D eigenvalue weighted by Crippen LogP contribution is -2.23. The molecule has 1 aromatic rings. The fraction of sp³-hybridized carbons (Fsp3) is 0.615. The van der Waals surface area contributed by atoms with Crippen molar-refractivity contribution in [2.24, 2.45) is 0 Å². The van der Waals surface area contributed by atoms with Gasteiger partial charge < -0.3 is 5.32 Å². The van der Waals surface area contributed by atoms with Crippen LogP contribution in [-0.4, -0.2) is 24.5 Å². The zero-order valence-corrected chi connectivity index (χ0v) is 14.1. The van der Waals surface area contributed by atoms with Crippen LogP contribution in [0.2, 0.25) is 0 Å². The molecule has 0 radical (unpaired) electrons. The van der Waals surface area contributed by atoms with Crippen LogP contribution in [0.1, 0.15) is 40.9 Å². The predicted molar refractivity (Wildman–Crippen MR) is 85.9 cm³/mol. The highest BCUT2D eigenvalue weighted by Crippen LogP contribution is 2.27. The lowest BCUT2D eigenvalue weighted by atomic mass is 10.2. The third kappa shape index (κ3) is 5.76. The molecule has 2 nitrogen and oxygen atoms in total. The Kier molecular flexibility index (Phi) is 8.02. The number of hydrogen-bond acceptors (Lipinski definition) is 3. The molecular formula is C13H20BrNOS2. The van der Waals surface area contributed by atoms with Gasteiger partial charge >= 0.3 is 0 Å². The Morgan fingerprint density at radius 2 is 2.11 bits per heavy atom. The molecule has 0 saturated carbocycles. The summed E-state index contributed by atoms with van der Waals surface area (Å²) in [4.78, 5) is 12.6. The smallest absolute Gasteiger partial charge is 0.261 e.